The number of hydrogen-bond acceptors (Lipinski definition) is 3. The normalized spacial score (nSPS) is 10.4. The van der Waals surface area contributed by atoms with Crippen molar-refractivity contribution in [1.29, 1.82) is 0 Å². The molecule has 2 rings (SSSR count). The van der Waals surface area contributed by atoms with Gasteiger partial charge in [-0.05, 0) is 56.2 Å². The second-order valence-corrected chi connectivity index (χ2v) is 6.23. The van der Waals surface area contributed by atoms with Gasteiger partial charge in [-0.3, -0.25) is 4.79 Å². The van der Waals surface area contributed by atoms with Crippen molar-refractivity contribution in [3.8, 4) is 11.5 Å². The van der Waals surface area contributed by atoms with Gasteiger partial charge in [0.25, 0.3) is 5.91 Å². The van der Waals surface area contributed by atoms with E-state index in [9.17, 15) is 9.18 Å². The second kappa shape index (κ2) is 9.42. The first-order chi connectivity index (χ1) is 12.0. The monoisotopic (exact) mass is 409 g/mol. The first-order valence-corrected chi connectivity index (χ1v) is 8.95. The first-order valence-electron chi connectivity index (χ1n) is 8.16. The molecule has 0 aliphatic heterocycles. The number of rotatable bonds is 8. The van der Waals surface area contributed by atoms with Crippen LogP contribution < -0.4 is 14.8 Å². The second-order valence-electron chi connectivity index (χ2n) is 5.31. The Labute approximate surface area is 155 Å². The van der Waals surface area contributed by atoms with E-state index in [2.05, 4.69) is 21.2 Å². The average Bonchev–Trinajstić information content (AvgIpc) is 2.56. The molecule has 0 radical (unpaired) electrons. The Kier molecular flexibility index (Phi) is 7.25. The third-order valence-electron chi connectivity index (χ3n) is 3.43. The van der Waals surface area contributed by atoms with Crippen molar-refractivity contribution in [3.05, 3.63) is 57.8 Å². The van der Waals surface area contributed by atoms with Crippen molar-refractivity contribution < 1.29 is 18.7 Å². The lowest BCUT2D eigenvalue weighted by Crippen LogP contribution is -2.25. The largest absolute Gasteiger partial charge is 0.490 e. The van der Waals surface area contributed by atoms with Crippen LogP contribution in [0.1, 0.15) is 29.8 Å². The van der Waals surface area contributed by atoms with Gasteiger partial charge in [0, 0.05) is 16.6 Å². The highest BCUT2D eigenvalue weighted by molar-refractivity contribution is 9.10. The lowest BCUT2D eigenvalue weighted by atomic mass is 10.1. The Hall–Kier alpha value is -2.08. The predicted molar refractivity (Wildman–Crippen MR) is 98.9 cm³/mol. The highest BCUT2D eigenvalue weighted by Gasteiger charge is 2.09. The molecule has 6 heteroatoms. The molecule has 0 spiro atoms. The quantitative estimate of drug-likeness (QED) is 0.704. The molecule has 2 aromatic carbocycles. The molecule has 0 fully saturated rings. The predicted octanol–water partition coefficient (Wildman–Crippen LogP) is 4.36. The average molecular weight is 410 g/mol. The van der Waals surface area contributed by atoms with Gasteiger partial charge in [0.1, 0.15) is 5.82 Å². The Morgan fingerprint density at radius 3 is 2.48 bits per heavy atom. The maximum absolute atomic E-state index is 13.4. The van der Waals surface area contributed by atoms with E-state index in [4.69, 9.17) is 9.47 Å². The van der Waals surface area contributed by atoms with Crippen molar-refractivity contribution in [3.63, 3.8) is 0 Å². The molecule has 2 aromatic rings. The summed E-state index contributed by atoms with van der Waals surface area (Å²) in [5, 5.41) is 2.79. The van der Waals surface area contributed by atoms with Crippen molar-refractivity contribution in [2.24, 2.45) is 0 Å². The van der Waals surface area contributed by atoms with Crippen LogP contribution in [0.2, 0.25) is 0 Å². The van der Waals surface area contributed by atoms with Gasteiger partial charge in [-0.1, -0.05) is 22.0 Å². The van der Waals surface area contributed by atoms with Gasteiger partial charge in [0.15, 0.2) is 11.5 Å². The van der Waals surface area contributed by atoms with Crippen molar-refractivity contribution in [1.82, 2.24) is 5.32 Å². The number of hydrogen-bond donors (Lipinski definition) is 1. The summed E-state index contributed by atoms with van der Waals surface area (Å²) in [4.78, 5) is 12.1. The van der Waals surface area contributed by atoms with Crippen molar-refractivity contribution >= 4 is 21.8 Å². The molecule has 0 aliphatic rings. The number of halogens is 2. The number of ether oxygens (including phenoxy) is 2. The van der Waals surface area contributed by atoms with Crippen LogP contribution in [0.15, 0.2) is 40.9 Å². The van der Waals surface area contributed by atoms with Crippen LogP contribution in [0.25, 0.3) is 0 Å². The highest BCUT2D eigenvalue weighted by Crippen LogP contribution is 2.28. The number of carbonyl (C=O) groups is 1. The molecule has 0 saturated carbocycles. The Morgan fingerprint density at radius 2 is 1.80 bits per heavy atom. The summed E-state index contributed by atoms with van der Waals surface area (Å²) in [6.45, 7) is 5.39. The van der Waals surface area contributed by atoms with Crippen molar-refractivity contribution in [2.45, 2.75) is 20.3 Å². The van der Waals surface area contributed by atoms with Crippen LogP contribution in [0.4, 0.5) is 4.39 Å². The van der Waals surface area contributed by atoms with E-state index in [-0.39, 0.29) is 11.5 Å². The molecular weight excluding hydrogens is 389 g/mol. The number of carbonyl (C=O) groups excluding carboxylic acids is 1. The fourth-order valence-corrected chi connectivity index (χ4v) is 2.82. The summed E-state index contributed by atoms with van der Waals surface area (Å²) >= 11 is 3.18. The topological polar surface area (TPSA) is 47.6 Å². The molecule has 25 heavy (non-hydrogen) atoms. The maximum atomic E-state index is 13.4. The molecule has 1 N–H and O–H groups in total. The SMILES string of the molecule is CCOc1ccc(CCNC(=O)c2cc(F)cc(Br)c2)cc1OCC. The van der Waals surface area contributed by atoms with Gasteiger partial charge in [0.05, 0.1) is 13.2 Å². The van der Waals surface area contributed by atoms with Crippen LogP contribution in [-0.4, -0.2) is 25.7 Å². The van der Waals surface area contributed by atoms with Gasteiger partial charge in [-0.25, -0.2) is 4.39 Å². The fraction of sp³-hybridized carbons (Fsp3) is 0.316. The van der Waals surface area contributed by atoms with Crippen LogP contribution in [0.3, 0.4) is 0 Å². The molecule has 4 nitrogen and oxygen atoms in total. The van der Waals surface area contributed by atoms with Gasteiger partial charge in [-0.2, -0.15) is 0 Å². The number of benzene rings is 2. The molecule has 0 unspecified atom stereocenters. The van der Waals surface area contributed by atoms with E-state index in [0.717, 1.165) is 5.56 Å². The first kappa shape index (κ1) is 19.2. The summed E-state index contributed by atoms with van der Waals surface area (Å²) in [5.41, 5.74) is 1.31. The van der Waals surface area contributed by atoms with E-state index in [1.54, 1.807) is 6.07 Å². The minimum absolute atomic E-state index is 0.286. The summed E-state index contributed by atoms with van der Waals surface area (Å²) in [7, 11) is 0. The Balaban J connectivity index is 1.96. The fourth-order valence-electron chi connectivity index (χ4n) is 2.36. The van der Waals surface area contributed by atoms with Crippen LogP contribution >= 0.6 is 15.9 Å². The number of amides is 1. The van der Waals surface area contributed by atoms with Gasteiger partial charge < -0.3 is 14.8 Å². The summed E-state index contributed by atoms with van der Waals surface area (Å²) in [5.74, 6) is 0.646. The van der Waals surface area contributed by atoms with E-state index >= 15 is 0 Å². The molecule has 1 amide bonds. The van der Waals surface area contributed by atoms with Crippen LogP contribution in [-0.2, 0) is 6.42 Å². The van der Waals surface area contributed by atoms with Gasteiger partial charge in [-0.15, -0.1) is 0 Å². The maximum Gasteiger partial charge on any atom is 0.251 e. The van der Waals surface area contributed by atoms with Crippen LogP contribution in [0.5, 0.6) is 11.5 Å². The smallest absolute Gasteiger partial charge is 0.251 e. The molecule has 0 bridgehead atoms. The van der Waals surface area contributed by atoms with E-state index in [1.807, 2.05) is 32.0 Å². The third-order valence-corrected chi connectivity index (χ3v) is 3.89. The lowest BCUT2D eigenvalue weighted by Gasteiger charge is -2.12. The molecule has 0 saturated heterocycles. The molecule has 0 aliphatic carbocycles. The van der Waals surface area contributed by atoms with E-state index in [0.29, 0.717) is 42.2 Å². The summed E-state index contributed by atoms with van der Waals surface area (Å²) < 4.78 is 25.0. The van der Waals surface area contributed by atoms with Crippen LogP contribution in [0, 0.1) is 5.82 Å². The van der Waals surface area contributed by atoms with Crippen molar-refractivity contribution in [2.75, 3.05) is 19.8 Å². The standard InChI is InChI=1S/C19H21BrFNO3/c1-3-24-17-6-5-13(9-18(17)25-4-2)7-8-22-19(23)14-10-15(20)12-16(21)11-14/h5-6,9-12H,3-4,7-8H2,1-2H3,(H,22,23). The molecule has 134 valence electrons. The minimum Gasteiger partial charge on any atom is -0.490 e. The Bertz CT molecular complexity index is 716. The number of nitrogens with one attached hydrogen (secondary N) is 1. The third kappa shape index (κ3) is 5.74. The molecular formula is C19H21BrFNO3. The zero-order valence-corrected chi connectivity index (χ0v) is 15.9. The summed E-state index contributed by atoms with van der Waals surface area (Å²) in [6.07, 6.45) is 0.634. The minimum atomic E-state index is -0.451. The van der Waals surface area contributed by atoms with E-state index in [1.165, 1.54) is 12.1 Å². The molecule has 0 aromatic heterocycles. The molecule has 0 heterocycles. The zero-order valence-electron chi connectivity index (χ0n) is 14.3. The molecule has 0 atom stereocenters. The lowest BCUT2D eigenvalue weighted by molar-refractivity contribution is 0.0953. The zero-order chi connectivity index (χ0) is 18.2. The summed E-state index contributed by atoms with van der Waals surface area (Å²) in [6, 6.07) is 9.84. The highest BCUT2D eigenvalue weighted by atomic mass is 79.9. The van der Waals surface area contributed by atoms with Gasteiger partial charge >= 0.3 is 0 Å². The van der Waals surface area contributed by atoms with E-state index < -0.39 is 5.82 Å². The Morgan fingerprint density at radius 1 is 1.08 bits per heavy atom. The van der Waals surface area contributed by atoms with Gasteiger partial charge in [0.2, 0.25) is 0 Å².